The number of morpholine rings is 1. The average molecular weight is 182 g/mol. The molecule has 1 saturated heterocycles. The van der Waals surface area contributed by atoms with Crippen LogP contribution in [0, 0.1) is 11.3 Å². The van der Waals surface area contributed by atoms with E-state index in [1.54, 1.807) is 4.90 Å². The SMILES string of the molecule is CC1CN(C(=O)CC#N)CC(C)O1. The van der Waals surface area contributed by atoms with E-state index >= 15 is 0 Å². The van der Waals surface area contributed by atoms with Crippen molar-refractivity contribution < 1.29 is 9.53 Å². The molecule has 72 valence electrons. The molecule has 0 aromatic carbocycles. The van der Waals surface area contributed by atoms with E-state index in [2.05, 4.69) is 0 Å². The maximum atomic E-state index is 11.3. The largest absolute Gasteiger partial charge is 0.372 e. The van der Waals surface area contributed by atoms with Crippen molar-refractivity contribution in [2.24, 2.45) is 0 Å². The summed E-state index contributed by atoms with van der Waals surface area (Å²) in [6, 6.07) is 1.86. The summed E-state index contributed by atoms with van der Waals surface area (Å²) >= 11 is 0. The zero-order valence-electron chi connectivity index (χ0n) is 7.99. The summed E-state index contributed by atoms with van der Waals surface area (Å²) in [5.74, 6) is -0.0931. The maximum Gasteiger partial charge on any atom is 0.236 e. The number of hydrogen-bond donors (Lipinski definition) is 0. The molecule has 0 saturated carbocycles. The first kappa shape index (κ1) is 10.0. The maximum absolute atomic E-state index is 11.3. The summed E-state index contributed by atoms with van der Waals surface area (Å²) < 4.78 is 5.47. The van der Waals surface area contributed by atoms with Crippen LogP contribution in [-0.4, -0.2) is 36.1 Å². The van der Waals surface area contributed by atoms with Crippen molar-refractivity contribution in [3.63, 3.8) is 0 Å². The molecular weight excluding hydrogens is 168 g/mol. The second-order valence-electron chi connectivity index (χ2n) is 3.39. The van der Waals surface area contributed by atoms with Gasteiger partial charge in [-0.3, -0.25) is 4.79 Å². The van der Waals surface area contributed by atoms with Gasteiger partial charge in [-0.15, -0.1) is 0 Å². The Kier molecular flexibility index (Phi) is 3.26. The number of rotatable bonds is 1. The minimum Gasteiger partial charge on any atom is -0.372 e. The third-order valence-corrected chi connectivity index (χ3v) is 2.00. The Bertz CT molecular complexity index is 224. The predicted octanol–water partition coefficient (Wildman–Crippen LogP) is 0.536. The van der Waals surface area contributed by atoms with Crippen LogP contribution in [0.3, 0.4) is 0 Å². The van der Waals surface area contributed by atoms with Gasteiger partial charge in [0.15, 0.2) is 0 Å². The lowest BCUT2D eigenvalue weighted by atomic mass is 10.2. The van der Waals surface area contributed by atoms with Crippen molar-refractivity contribution in [2.75, 3.05) is 13.1 Å². The van der Waals surface area contributed by atoms with Crippen LogP contribution in [0.5, 0.6) is 0 Å². The van der Waals surface area contributed by atoms with Crippen LogP contribution in [0.4, 0.5) is 0 Å². The van der Waals surface area contributed by atoms with Gasteiger partial charge < -0.3 is 9.64 Å². The number of nitriles is 1. The van der Waals surface area contributed by atoms with Gasteiger partial charge in [-0.2, -0.15) is 5.26 Å². The zero-order valence-corrected chi connectivity index (χ0v) is 7.99. The zero-order chi connectivity index (χ0) is 9.84. The van der Waals surface area contributed by atoms with E-state index in [0.29, 0.717) is 13.1 Å². The van der Waals surface area contributed by atoms with Crippen molar-refractivity contribution >= 4 is 5.91 Å². The second kappa shape index (κ2) is 4.24. The highest BCUT2D eigenvalue weighted by Gasteiger charge is 2.25. The molecule has 1 amide bonds. The van der Waals surface area contributed by atoms with Gasteiger partial charge in [-0.25, -0.2) is 0 Å². The number of hydrogen-bond acceptors (Lipinski definition) is 3. The molecule has 0 aromatic rings. The number of carbonyl (C=O) groups is 1. The Morgan fingerprint density at radius 1 is 1.54 bits per heavy atom. The molecule has 1 heterocycles. The fourth-order valence-corrected chi connectivity index (χ4v) is 1.56. The number of amides is 1. The Hall–Kier alpha value is -1.08. The van der Waals surface area contributed by atoms with Crippen LogP contribution >= 0.6 is 0 Å². The van der Waals surface area contributed by atoms with Crippen LogP contribution in [0.1, 0.15) is 20.3 Å². The van der Waals surface area contributed by atoms with E-state index < -0.39 is 0 Å². The Labute approximate surface area is 78.1 Å². The van der Waals surface area contributed by atoms with E-state index in [1.165, 1.54) is 0 Å². The van der Waals surface area contributed by atoms with Crippen molar-refractivity contribution in [1.82, 2.24) is 4.90 Å². The molecule has 1 aliphatic heterocycles. The van der Waals surface area contributed by atoms with Gasteiger partial charge in [0.1, 0.15) is 6.42 Å². The fourth-order valence-electron chi connectivity index (χ4n) is 1.56. The number of carbonyl (C=O) groups excluding carboxylic acids is 1. The molecule has 0 aliphatic carbocycles. The van der Waals surface area contributed by atoms with Gasteiger partial charge >= 0.3 is 0 Å². The van der Waals surface area contributed by atoms with Crippen LogP contribution in [0.15, 0.2) is 0 Å². The number of nitrogens with zero attached hydrogens (tertiary/aromatic N) is 2. The summed E-state index contributed by atoms with van der Waals surface area (Å²) in [6.07, 6.45) is 0.122. The van der Waals surface area contributed by atoms with Crippen molar-refractivity contribution in [2.45, 2.75) is 32.5 Å². The molecule has 0 radical (unpaired) electrons. The summed E-state index contributed by atoms with van der Waals surface area (Å²) in [5, 5.41) is 8.37. The first-order valence-corrected chi connectivity index (χ1v) is 4.43. The first-order chi connectivity index (χ1) is 6.13. The molecule has 0 N–H and O–H groups in total. The fraction of sp³-hybridized carbons (Fsp3) is 0.778. The highest BCUT2D eigenvalue weighted by atomic mass is 16.5. The van der Waals surface area contributed by atoms with E-state index in [-0.39, 0.29) is 24.5 Å². The third-order valence-electron chi connectivity index (χ3n) is 2.00. The van der Waals surface area contributed by atoms with Crippen LogP contribution in [0.25, 0.3) is 0 Å². The van der Waals surface area contributed by atoms with Crippen LogP contribution in [0.2, 0.25) is 0 Å². The topological polar surface area (TPSA) is 53.3 Å². The molecule has 0 bridgehead atoms. The summed E-state index contributed by atoms with van der Waals surface area (Å²) in [4.78, 5) is 13.0. The second-order valence-corrected chi connectivity index (χ2v) is 3.39. The molecule has 4 heteroatoms. The Morgan fingerprint density at radius 2 is 2.08 bits per heavy atom. The summed E-state index contributed by atoms with van der Waals surface area (Å²) in [5.41, 5.74) is 0. The van der Waals surface area contributed by atoms with Crippen molar-refractivity contribution in [3.05, 3.63) is 0 Å². The average Bonchev–Trinajstić information content (AvgIpc) is 2.03. The Balaban J connectivity index is 2.50. The highest BCUT2D eigenvalue weighted by Crippen LogP contribution is 2.11. The minimum absolute atomic E-state index is 0.0283. The van der Waals surface area contributed by atoms with E-state index in [0.717, 1.165) is 0 Å². The molecule has 13 heavy (non-hydrogen) atoms. The highest BCUT2D eigenvalue weighted by molar-refractivity contribution is 5.78. The molecular formula is C9H14N2O2. The molecule has 2 atom stereocenters. The van der Waals surface area contributed by atoms with Gasteiger partial charge in [-0.05, 0) is 13.8 Å². The van der Waals surface area contributed by atoms with E-state index in [1.807, 2.05) is 19.9 Å². The Morgan fingerprint density at radius 3 is 2.54 bits per heavy atom. The van der Waals surface area contributed by atoms with Crippen molar-refractivity contribution in [1.29, 1.82) is 5.26 Å². The predicted molar refractivity (Wildman–Crippen MR) is 46.8 cm³/mol. The molecule has 2 unspecified atom stereocenters. The van der Waals surface area contributed by atoms with Crippen molar-refractivity contribution in [3.8, 4) is 6.07 Å². The minimum atomic E-state index is -0.0931. The lowest BCUT2D eigenvalue weighted by molar-refractivity contribution is -0.142. The smallest absolute Gasteiger partial charge is 0.236 e. The van der Waals surface area contributed by atoms with E-state index in [4.69, 9.17) is 10.00 Å². The summed E-state index contributed by atoms with van der Waals surface area (Å²) in [7, 11) is 0. The van der Waals surface area contributed by atoms with Gasteiger partial charge in [0.2, 0.25) is 5.91 Å². The van der Waals surface area contributed by atoms with E-state index in [9.17, 15) is 4.79 Å². The molecule has 0 aromatic heterocycles. The quantitative estimate of drug-likeness (QED) is 0.594. The lowest BCUT2D eigenvalue weighted by Gasteiger charge is -2.34. The molecule has 4 nitrogen and oxygen atoms in total. The van der Waals surface area contributed by atoms with Crippen LogP contribution < -0.4 is 0 Å². The molecule has 1 rings (SSSR count). The summed E-state index contributed by atoms with van der Waals surface area (Å²) in [6.45, 7) is 5.07. The third kappa shape index (κ3) is 2.71. The number of ether oxygens (including phenoxy) is 1. The molecule has 1 aliphatic rings. The van der Waals surface area contributed by atoms with Crippen LogP contribution in [-0.2, 0) is 9.53 Å². The lowest BCUT2D eigenvalue weighted by Crippen LogP contribution is -2.48. The molecule has 0 spiro atoms. The van der Waals surface area contributed by atoms with Gasteiger partial charge in [0.05, 0.1) is 18.3 Å². The standard InChI is InChI=1S/C9H14N2O2/c1-7-5-11(6-8(2)13-7)9(12)3-4-10/h7-8H,3,5-6H2,1-2H3. The normalized spacial score (nSPS) is 28.2. The monoisotopic (exact) mass is 182 g/mol. The first-order valence-electron chi connectivity index (χ1n) is 4.43. The molecule has 1 fully saturated rings. The van der Waals surface area contributed by atoms with Gasteiger partial charge in [0, 0.05) is 13.1 Å². The van der Waals surface area contributed by atoms with Gasteiger partial charge in [0.25, 0.3) is 0 Å². The van der Waals surface area contributed by atoms with Gasteiger partial charge in [-0.1, -0.05) is 0 Å².